The van der Waals surface area contributed by atoms with Crippen LogP contribution < -0.4 is 15.5 Å². The summed E-state index contributed by atoms with van der Waals surface area (Å²) in [4.78, 5) is 38.2. The average Bonchev–Trinajstić information content (AvgIpc) is 3.38. The van der Waals surface area contributed by atoms with Crippen molar-refractivity contribution in [1.82, 2.24) is 25.6 Å². The quantitative estimate of drug-likeness (QED) is 0.413. The van der Waals surface area contributed by atoms with Crippen LogP contribution >= 0.6 is 22.9 Å². The lowest BCUT2D eigenvalue weighted by Gasteiger charge is -2.39. The molecule has 32 heavy (non-hydrogen) atoms. The Morgan fingerprint density at radius 2 is 2.12 bits per heavy atom. The van der Waals surface area contributed by atoms with Gasteiger partial charge in [-0.2, -0.15) is 0 Å². The van der Waals surface area contributed by atoms with Gasteiger partial charge in [-0.05, 0) is 31.5 Å². The number of benzene rings is 1. The Bertz CT molecular complexity index is 1150. The smallest absolute Gasteiger partial charge is 0.337 e. The highest BCUT2D eigenvalue weighted by atomic mass is 35.5. The van der Waals surface area contributed by atoms with E-state index in [0.717, 1.165) is 17.4 Å². The Morgan fingerprint density at radius 3 is 2.81 bits per heavy atom. The number of carboxylic acids is 1. The molecule has 9 nitrogen and oxygen atoms in total. The number of hydrogen-bond donors (Lipinski definition) is 4. The van der Waals surface area contributed by atoms with Crippen molar-refractivity contribution in [2.24, 2.45) is 0 Å². The first-order valence-corrected chi connectivity index (χ1v) is 11.8. The summed E-state index contributed by atoms with van der Waals surface area (Å²) in [6.07, 6.45) is 1.38. The maximum Gasteiger partial charge on any atom is 0.337 e. The maximum absolute atomic E-state index is 12.7. The number of hydrogen-bond acceptors (Lipinski definition) is 7. The molecule has 0 spiro atoms. The highest BCUT2D eigenvalue weighted by Gasteiger charge is 2.32. The number of aromatic amines is 1. The molecule has 170 valence electrons. The molecule has 4 N–H and O–H groups in total. The van der Waals surface area contributed by atoms with E-state index in [2.05, 4.69) is 30.5 Å². The van der Waals surface area contributed by atoms with Crippen LogP contribution in [-0.4, -0.2) is 63.7 Å². The van der Waals surface area contributed by atoms with Crippen LogP contribution in [0, 0.1) is 0 Å². The molecule has 0 aliphatic carbocycles. The Labute approximate surface area is 194 Å². The number of fused-ring (bicyclic) bond motifs is 1. The van der Waals surface area contributed by atoms with Crippen LogP contribution in [0.25, 0.3) is 10.2 Å². The van der Waals surface area contributed by atoms with E-state index < -0.39 is 5.97 Å². The van der Waals surface area contributed by atoms with Crippen LogP contribution in [0.2, 0.25) is 5.15 Å². The van der Waals surface area contributed by atoms with Gasteiger partial charge in [-0.25, -0.2) is 14.8 Å². The number of H-pyrrole nitrogens is 1. The van der Waals surface area contributed by atoms with E-state index in [1.54, 1.807) is 12.1 Å². The van der Waals surface area contributed by atoms with Crippen molar-refractivity contribution in [2.45, 2.75) is 38.8 Å². The molecule has 0 unspecified atom stereocenters. The van der Waals surface area contributed by atoms with E-state index in [0.29, 0.717) is 41.3 Å². The molecule has 1 saturated heterocycles. The minimum atomic E-state index is -0.956. The minimum Gasteiger partial charge on any atom is -0.478 e. The SMILES string of the molecule is CCN[C@@H]1CN(c2nc3cccc(C(=O)O)c3s2)CC[C@H]1NC(=O)c1nc(Cl)c(CC)[nH]1. The number of carboxylic acid groups (broad SMARTS) is 1. The summed E-state index contributed by atoms with van der Waals surface area (Å²) in [7, 11) is 0. The van der Waals surface area contributed by atoms with Gasteiger partial charge >= 0.3 is 5.97 Å². The fraction of sp³-hybridized carbons (Fsp3) is 0.429. The van der Waals surface area contributed by atoms with E-state index in [4.69, 9.17) is 11.6 Å². The zero-order valence-corrected chi connectivity index (χ0v) is 19.4. The summed E-state index contributed by atoms with van der Waals surface area (Å²) in [5.41, 5.74) is 1.69. The lowest BCUT2D eigenvalue weighted by Crippen LogP contribution is -2.59. The molecule has 11 heteroatoms. The maximum atomic E-state index is 12.7. The molecule has 2 atom stereocenters. The molecule has 0 radical (unpaired) electrons. The predicted molar refractivity (Wildman–Crippen MR) is 125 cm³/mol. The van der Waals surface area contributed by atoms with E-state index in [9.17, 15) is 14.7 Å². The summed E-state index contributed by atoms with van der Waals surface area (Å²) in [6, 6.07) is 5.05. The summed E-state index contributed by atoms with van der Waals surface area (Å²) >= 11 is 7.46. The van der Waals surface area contributed by atoms with Gasteiger partial charge in [0.25, 0.3) is 5.91 Å². The van der Waals surface area contributed by atoms with E-state index >= 15 is 0 Å². The number of thiazole rings is 1. The number of halogens is 1. The van der Waals surface area contributed by atoms with Crippen LogP contribution in [0.15, 0.2) is 18.2 Å². The number of amides is 1. The summed E-state index contributed by atoms with van der Waals surface area (Å²) in [6.45, 7) is 6.04. The Balaban J connectivity index is 1.50. The minimum absolute atomic E-state index is 0.000244. The number of imidazole rings is 1. The second-order valence-electron chi connectivity index (χ2n) is 7.64. The molecule has 2 aromatic heterocycles. The summed E-state index contributed by atoms with van der Waals surface area (Å²) < 4.78 is 0.673. The van der Waals surface area contributed by atoms with Gasteiger partial charge in [0.1, 0.15) is 0 Å². The van der Waals surface area contributed by atoms with Gasteiger partial charge in [0, 0.05) is 25.2 Å². The molecule has 1 aliphatic rings. The standard InChI is InChI=1S/C21H25ClN6O3S/c1-3-12-17(22)27-18(24-12)19(29)25-13-8-9-28(10-15(13)23-4-2)21-26-14-7-5-6-11(20(30)31)16(14)32-21/h5-7,13,15,23H,3-4,8-10H2,1-2H3,(H,24,27)(H,25,29)(H,30,31)/t13-,15-/m1/s1. The fourth-order valence-corrected chi connectivity index (χ4v) is 5.35. The van der Waals surface area contributed by atoms with Gasteiger partial charge < -0.3 is 25.6 Å². The van der Waals surface area contributed by atoms with Gasteiger partial charge in [0.05, 0.1) is 21.5 Å². The van der Waals surface area contributed by atoms with E-state index in [1.165, 1.54) is 11.3 Å². The first-order chi connectivity index (χ1) is 15.4. The van der Waals surface area contributed by atoms with Crippen LogP contribution in [0.3, 0.4) is 0 Å². The number of rotatable bonds is 7. The van der Waals surface area contributed by atoms with Crippen LogP contribution in [0.5, 0.6) is 0 Å². The Morgan fingerprint density at radius 1 is 1.31 bits per heavy atom. The number of carbonyl (C=O) groups is 2. The van der Waals surface area contributed by atoms with Crippen molar-refractivity contribution >= 4 is 50.2 Å². The number of nitrogens with one attached hydrogen (secondary N) is 3. The van der Waals surface area contributed by atoms with Gasteiger partial charge in [-0.3, -0.25) is 4.79 Å². The molecule has 3 heterocycles. The largest absolute Gasteiger partial charge is 0.478 e. The van der Waals surface area contributed by atoms with E-state index in [-0.39, 0.29) is 29.4 Å². The number of nitrogens with zero attached hydrogens (tertiary/aromatic N) is 3. The highest BCUT2D eigenvalue weighted by molar-refractivity contribution is 7.22. The molecule has 1 aliphatic heterocycles. The predicted octanol–water partition coefficient (Wildman–Crippen LogP) is 2.92. The molecule has 0 bridgehead atoms. The summed E-state index contributed by atoms with van der Waals surface area (Å²) in [5.74, 6) is -1.02. The van der Waals surface area contributed by atoms with Gasteiger partial charge in [0.15, 0.2) is 16.1 Å². The van der Waals surface area contributed by atoms with Crippen molar-refractivity contribution in [3.63, 3.8) is 0 Å². The molecular formula is C21H25ClN6O3S. The zero-order valence-electron chi connectivity index (χ0n) is 17.8. The number of aromatic nitrogens is 3. The average molecular weight is 477 g/mol. The lowest BCUT2D eigenvalue weighted by molar-refractivity contribution is 0.0699. The van der Waals surface area contributed by atoms with Gasteiger partial charge in [0.2, 0.25) is 0 Å². The number of carbonyl (C=O) groups excluding carboxylic acids is 1. The van der Waals surface area contributed by atoms with Crippen LogP contribution in [0.1, 0.15) is 46.9 Å². The second-order valence-corrected chi connectivity index (χ2v) is 8.98. The number of aryl methyl sites for hydroxylation is 1. The van der Waals surface area contributed by atoms with Crippen LogP contribution in [-0.2, 0) is 6.42 Å². The molecular weight excluding hydrogens is 452 g/mol. The molecule has 4 rings (SSSR count). The zero-order chi connectivity index (χ0) is 22.8. The molecule has 1 fully saturated rings. The van der Waals surface area contributed by atoms with Crippen molar-refractivity contribution < 1.29 is 14.7 Å². The topological polar surface area (TPSA) is 123 Å². The Kier molecular flexibility index (Phi) is 6.63. The van der Waals surface area contributed by atoms with Crippen molar-refractivity contribution in [3.05, 3.63) is 40.4 Å². The first kappa shape index (κ1) is 22.5. The van der Waals surface area contributed by atoms with Crippen molar-refractivity contribution in [2.75, 3.05) is 24.5 Å². The third kappa shape index (κ3) is 4.43. The fourth-order valence-electron chi connectivity index (χ4n) is 3.98. The van der Waals surface area contributed by atoms with Crippen molar-refractivity contribution in [1.29, 1.82) is 0 Å². The van der Waals surface area contributed by atoms with Crippen LogP contribution in [0.4, 0.5) is 5.13 Å². The highest BCUT2D eigenvalue weighted by Crippen LogP contribution is 2.33. The monoisotopic (exact) mass is 476 g/mol. The first-order valence-electron chi connectivity index (χ1n) is 10.6. The number of piperidine rings is 1. The molecule has 1 amide bonds. The second kappa shape index (κ2) is 9.43. The van der Waals surface area contributed by atoms with E-state index in [1.807, 2.05) is 19.9 Å². The molecule has 1 aromatic carbocycles. The van der Waals surface area contributed by atoms with Gasteiger partial charge in [-0.15, -0.1) is 0 Å². The third-order valence-corrected chi connectivity index (χ3v) is 7.08. The summed E-state index contributed by atoms with van der Waals surface area (Å²) in [5, 5.41) is 17.1. The lowest BCUT2D eigenvalue weighted by atomic mass is 9.99. The normalized spacial score (nSPS) is 18.8. The molecule has 3 aromatic rings. The van der Waals surface area contributed by atoms with Gasteiger partial charge in [-0.1, -0.05) is 42.9 Å². The van der Waals surface area contributed by atoms with Crippen molar-refractivity contribution in [3.8, 4) is 0 Å². The number of likely N-dealkylation sites (N-methyl/N-ethyl adjacent to an activating group) is 1. The number of aromatic carboxylic acids is 1. The molecule has 0 saturated carbocycles. The third-order valence-electron chi connectivity index (χ3n) is 5.60. The Hall–Kier alpha value is -2.69. The number of anilines is 1.